The van der Waals surface area contributed by atoms with E-state index in [1.807, 2.05) is 4.90 Å². The van der Waals surface area contributed by atoms with E-state index in [2.05, 4.69) is 19.8 Å². The molecule has 7 nitrogen and oxygen atoms in total. The molecule has 0 spiro atoms. The number of piperazine rings is 1. The molecule has 2 aliphatic rings. The second-order valence-electron chi connectivity index (χ2n) is 6.63. The summed E-state index contributed by atoms with van der Waals surface area (Å²) in [6.45, 7) is 5.51. The van der Waals surface area contributed by atoms with Crippen molar-refractivity contribution in [3.8, 4) is 0 Å². The number of aromatic nitrogens is 2. The van der Waals surface area contributed by atoms with Gasteiger partial charge in [-0.1, -0.05) is 0 Å². The van der Waals surface area contributed by atoms with Crippen LogP contribution in [0.15, 0.2) is 36.7 Å². The van der Waals surface area contributed by atoms with Crippen molar-refractivity contribution in [2.75, 3.05) is 62.3 Å². The van der Waals surface area contributed by atoms with Gasteiger partial charge in [-0.3, -0.25) is 4.79 Å². The third kappa shape index (κ3) is 4.00. The summed E-state index contributed by atoms with van der Waals surface area (Å²) in [5.74, 6) is 0.339. The predicted octanol–water partition coefficient (Wildman–Crippen LogP) is 1.41. The molecule has 0 N–H and O–H groups in total. The minimum absolute atomic E-state index is 0.0534. The van der Waals surface area contributed by atoms with Crippen LogP contribution in [0.3, 0.4) is 0 Å². The normalized spacial score (nSPS) is 17.9. The van der Waals surface area contributed by atoms with Crippen molar-refractivity contribution in [3.05, 3.63) is 48.0 Å². The molecule has 2 fully saturated rings. The third-order valence-electron chi connectivity index (χ3n) is 4.94. The third-order valence-corrected chi connectivity index (χ3v) is 4.94. The van der Waals surface area contributed by atoms with E-state index in [1.54, 1.807) is 24.5 Å². The summed E-state index contributed by atoms with van der Waals surface area (Å²) in [6.07, 6.45) is 3.21. The second-order valence-corrected chi connectivity index (χ2v) is 6.63. The zero-order valence-electron chi connectivity index (χ0n) is 15.1. The Morgan fingerprint density at radius 3 is 2.15 bits per heavy atom. The molecule has 0 unspecified atom stereocenters. The number of morpholine rings is 1. The highest BCUT2D eigenvalue weighted by Crippen LogP contribution is 2.18. The van der Waals surface area contributed by atoms with Crippen molar-refractivity contribution >= 4 is 17.5 Å². The number of halogens is 1. The molecule has 2 saturated heterocycles. The van der Waals surface area contributed by atoms with Gasteiger partial charge in [0.2, 0.25) is 5.95 Å². The Balaban J connectivity index is 1.35. The minimum Gasteiger partial charge on any atom is -0.378 e. The molecule has 8 heteroatoms. The lowest BCUT2D eigenvalue weighted by Gasteiger charge is -2.36. The summed E-state index contributed by atoms with van der Waals surface area (Å²) in [6, 6.07) is 6.45. The number of amides is 1. The number of ether oxygens (including phenoxy) is 1. The predicted molar refractivity (Wildman–Crippen MR) is 99.6 cm³/mol. The van der Waals surface area contributed by atoms with Crippen LogP contribution in [-0.2, 0) is 4.74 Å². The maximum atomic E-state index is 13.1. The smallest absolute Gasteiger partial charge is 0.257 e. The molecule has 2 aliphatic heterocycles. The van der Waals surface area contributed by atoms with Crippen LogP contribution in [-0.4, -0.2) is 73.3 Å². The molecule has 1 amide bonds. The first-order valence-electron chi connectivity index (χ1n) is 9.15. The van der Waals surface area contributed by atoms with Gasteiger partial charge >= 0.3 is 0 Å². The quantitative estimate of drug-likeness (QED) is 0.813. The Morgan fingerprint density at radius 1 is 0.889 bits per heavy atom. The SMILES string of the molecule is O=C(c1cnc(N2CCOCC2)nc1)N1CCN(c2ccc(F)cc2)CC1. The highest BCUT2D eigenvalue weighted by molar-refractivity contribution is 5.93. The fourth-order valence-electron chi connectivity index (χ4n) is 3.36. The summed E-state index contributed by atoms with van der Waals surface area (Å²) in [5, 5.41) is 0. The van der Waals surface area contributed by atoms with E-state index in [0.29, 0.717) is 50.9 Å². The zero-order chi connectivity index (χ0) is 18.6. The van der Waals surface area contributed by atoms with Gasteiger partial charge in [0.25, 0.3) is 5.91 Å². The van der Waals surface area contributed by atoms with E-state index in [0.717, 1.165) is 18.8 Å². The Bertz CT molecular complexity index is 770. The summed E-state index contributed by atoms with van der Waals surface area (Å²) in [4.78, 5) is 27.5. The fraction of sp³-hybridized carbons (Fsp3) is 0.421. The molecule has 0 radical (unpaired) electrons. The number of carbonyl (C=O) groups is 1. The maximum absolute atomic E-state index is 13.1. The van der Waals surface area contributed by atoms with Gasteiger partial charge in [0, 0.05) is 57.3 Å². The largest absolute Gasteiger partial charge is 0.378 e. The minimum atomic E-state index is -0.243. The first kappa shape index (κ1) is 17.7. The monoisotopic (exact) mass is 371 g/mol. The number of benzene rings is 1. The number of nitrogens with zero attached hydrogens (tertiary/aromatic N) is 5. The lowest BCUT2D eigenvalue weighted by Crippen LogP contribution is -2.48. The Kier molecular flexibility index (Phi) is 5.15. The van der Waals surface area contributed by atoms with Crippen LogP contribution in [0.1, 0.15) is 10.4 Å². The highest BCUT2D eigenvalue weighted by atomic mass is 19.1. The van der Waals surface area contributed by atoms with Crippen molar-refractivity contribution in [2.45, 2.75) is 0 Å². The fourth-order valence-corrected chi connectivity index (χ4v) is 3.36. The van der Waals surface area contributed by atoms with Gasteiger partial charge in [0.05, 0.1) is 18.8 Å². The molecule has 0 saturated carbocycles. The first-order chi connectivity index (χ1) is 13.2. The number of hydrogen-bond donors (Lipinski definition) is 0. The lowest BCUT2D eigenvalue weighted by atomic mass is 10.2. The van der Waals surface area contributed by atoms with Gasteiger partial charge in [-0.15, -0.1) is 0 Å². The van der Waals surface area contributed by atoms with Gasteiger partial charge in [-0.25, -0.2) is 14.4 Å². The van der Waals surface area contributed by atoms with E-state index in [-0.39, 0.29) is 11.7 Å². The Morgan fingerprint density at radius 2 is 1.52 bits per heavy atom. The van der Waals surface area contributed by atoms with Crippen LogP contribution < -0.4 is 9.80 Å². The van der Waals surface area contributed by atoms with Crippen LogP contribution in [0.25, 0.3) is 0 Å². The van der Waals surface area contributed by atoms with Crippen molar-refractivity contribution in [1.29, 1.82) is 0 Å². The zero-order valence-corrected chi connectivity index (χ0v) is 15.1. The van der Waals surface area contributed by atoms with Crippen LogP contribution in [0, 0.1) is 5.82 Å². The van der Waals surface area contributed by atoms with Crippen molar-refractivity contribution < 1.29 is 13.9 Å². The van der Waals surface area contributed by atoms with Crippen molar-refractivity contribution in [2.24, 2.45) is 0 Å². The summed E-state index contributed by atoms with van der Waals surface area (Å²) in [5.41, 5.74) is 1.48. The van der Waals surface area contributed by atoms with Gasteiger partial charge in [-0.05, 0) is 24.3 Å². The standard InChI is InChI=1S/C19H22FN5O2/c20-16-1-3-17(4-2-16)23-5-7-24(8-6-23)18(26)15-13-21-19(22-14-15)25-9-11-27-12-10-25/h1-4,13-14H,5-12H2. The highest BCUT2D eigenvalue weighted by Gasteiger charge is 2.23. The Hall–Kier alpha value is -2.74. The molecule has 1 aromatic carbocycles. The molecule has 142 valence electrons. The molecule has 0 atom stereocenters. The number of rotatable bonds is 3. The van der Waals surface area contributed by atoms with Gasteiger partial charge < -0.3 is 19.4 Å². The number of anilines is 2. The molecule has 0 bridgehead atoms. The first-order valence-corrected chi connectivity index (χ1v) is 9.15. The van der Waals surface area contributed by atoms with Crippen molar-refractivity contribution in [1.82, 2.24) is 14.9 Å². The van der Waals surface area contributed by atoms with E-state index in [9.17, 15) is 9.18 Å². The molecule has 27 heavy (non-hydrogen) atoms. The average molecular weight is 371 g/mol. The molecular formula is C19H22FN5O2. The summed E-state index contributed by atoms with van der Waals surface area (Å²) >= 11 is 0. The molecule has 2 aromatic rings. The summed E-state index contributed by atoms with van der Waals surface area (Å²) in [7, 11) is 0. The van der Waals surface area contributed by atoms with E-state index < -0.39 is 0 Å². The van der Waals surface area contributed by atoms with Gasteiger partial charge in [0.15, 0.2) is 0 Å². The van der Waals surface area contributed by atoms with Crippen LogP contribution in [0.4, 0.5) is 16.0 Å². The average Bonchev–Trinajstić information content (AvgIpc) is 2.75. The number of carbonyl (C=O) groups excluding carboxylic acids is 1. The molecular weight excluding hydrogens is 349 g/mol. The topological polar surface area (TPSA) is 61.8 Å². The Labute approximate surface area is 157 Å². The van der Waals surface area contributed by atoms with E-state index in [4.69, 9.17) is 4.74 Å². The van der Waals surface area contributed by atoms with E-state index in [1.165, 1.54) is 12.1 Å². The molecule has 1 aromatic heterocycles. The molecule has 0 aliphatic carbocycles. The van der Waals surface area contributed by atoms with Crippen LogP contribution in [0.2, 0.25) is 0 Å². The second kappa shape index (κ2) is 7.87. The van der Waals surface area contributed by atoms with Crippen LogP contribution >= 0.6 is 0 Å². The maximum Gasteiger partial charge on any atom is 0.257 e. The summed E-state index contributed by atoms with van der Waals surface area (Å²) < 4.78 is 18.4. The number of hydrogen-bond acceptors (Lipinski definition) is 6. The molecule has 4 rings (SSSR count). The van der Waals surface area contributed by atoms with E-state index >= 15 is 0 Å². The lowest BCUT2D eigenvalue weighted by molar-refractivity contribution is 0.0746. The van der Waals surface area contributed by atoms with Gasteiger partial charge in [0.1, 0.15) is 5.82 Å². The van der Waals surface area contributed by atoms with Crippen molar-refractivity contribution in [3.63, 3.8) is 0 Å². The van der Waals surface area contributed by atoms with Gasteiger partial charge in [-0.2, -0.15) is 0 Å². The molecule has 3 heterocycles. The van der Waals surface area contributed by atoms with Crippen LogP contribution in [0.5, 0.6) is 0 Å².